The van der Waals surface area contributed by atoms with Crippen LogP contribution in [0, 0.1) is 12.3 Å². The van der Waals surface area contributed by atoms with Gasteiger partial charge in [0.2, 0.25) is 0 Å². The molecule has 0 aromatic heterocycles. The van der Waals surface area contributed by atoms with Crippen molar-refractivity contribution in [3.8, 4) is 5.75 Å². The third-order valence-electron chi connectivity index (χ3n) is 4.85. The lowest BCUT2D eigenvalue weighted by molar-refractivity contribution is -0.123. The molecule has 146 valence electrons. The smallest absolute Gasteiger partial charge is 0.294 e. The van der Waals surface area contributed by atoms with E-state index in [0.717, 1.165) is 11.1 Å². The maximum Gasteiger partial charge on any atom is 0.294 e. The van der Waals surface area contributed by atoms with Gasteiger partial charge in [0.15, 0.2) is 11.5 Å². The van der Waals surface area contributed by atoms with Crippen molar-refractivity contribution in [3.63, 3.8) is 0 Å². The summed E-state index contributed by atoms with van der Waals surface area (Å²) in [4.78, 5) is 27.6. The summed E-state index contributed by atoms with van der Waals surface area (Å²) in [5, 5.41) is 10.7. The summed E-state index contributed by atoms with van der Waals surface area (Å²) >= 11 is 0. The number of ether oxygens (including phenoxy) is 1. The van der Waals surface area contributed by atoms with Gasteiger partial charge in [0.25, 0.3) is 5.91 Å². The van der Waals surface area contributed by atoms with Gasteiger partial charge >= 0.3 is 0 Å². The number of benzene rings is 2. The monoisotopic (exact) mass is 379 g/mol. The van der Waals surface area contributed by atoms with Crippen LogP contribution >= 0.6 is 0 Å². The van der Waals surface area contributed by atoms with E-state index in [2.05, 4.69) is 0 Å². The van der Waals surface area contributed by atoms with Crippen LogP contribution < -0.4 is 9.64 Å². The maximum atomic E-state index is 13.2. The Bertz CT molecular complexity index is 951. The first-order valence-electron chi connectivity index (χ1n) is 9.17. The Kier molecular flexibility index (Phi) is 5.02. The van der Waals surface area contributed by atoms with Crippen LogP contribution in [0.25, 0.3) is 0 Å². The number of Topliss-reactive ketones (excluding diaryl/α,β-unsaturated/α-hetero) is 1. The minimum atomic E-state index is -0.739. The molecule has 1 aliphatic heterocycles. The van der Waals surface area contributed by atoms with Crippen molar-refractivity contribution < 1.29 is 19.4 Å². The van der Waals surface area contributed by atoms with Crippen molar-refractivity contribution in [3.05, 3.63) is 71.0 Å². The Hall–Kier alpha value is -3.08. The number of nitrogens with zero attached hydrogens (tertiary/aromatic N) is 1. The third-order valence-corrected chi connectivity index (χ3v) is 4.85. The van der Waals surface area contributed by atoms with Crippen molar-refractivity contribution in [2.75, 3.05) is 12.0 Å². The molecule has 2 aromatic rings. The number of methoxy groups -OCH3 is 1. The summed E-state index contributed by atoms with van der Waals surface area (Å²) in [6, 6.07) is 13.9. The first-order chi connectivity index (χ1) is 13.1. The Morgan fingerprint density at radius 3 is 2.29 bits per heavy atom. The molecule has 1 N–H and O–H groups in total. The number of amides is 1. The van der Waals surface area contributed by atoms with Crippen LogP contribution in [0.3, 0.4) is 0 Å². The molecule has 0 fully saturated rings. The number of ketones is 1. The average molecular weight is 379 g/mol. The first kappa shape index (κ1) is 19.7. The number of anilines is 1. The number of carbonyl (C=O) groups excluding carboxylic acids is 2. The molecule has 28 heavy (non-hydrogen) atoms. The number of aryl methyl sites for hydroxylation is 1. The molecule has 1 amide bonds. The largest absolute Gasteiger partial charge is 0.503 e. The Balaban J connectivity index is 2.19. The minimum absolute atomic E-state index is 0.129. The van der Waals surface area contributed by atoms with Gasteiger partial charge in [-0.3, -0.25) is 14.5 Å². The molecule has 0 saturated carbocycles. The van der Waals surface area contributed by atoms with Crippen LogP contribution in [0.4, 0.5) is 5.69 Å². The molecule has 3 rings (SSSR count). The highest BCUT2D eigenvalue weighted by atomic mass is 16.5. The van der Waals surface area contributed by atoms with Crippen molar-refractivity contribution in [1.29, 1.82) is 0 Å². The average Bonchev–Trinajstić information content (AvgIpc) is 2.91. The van der Waals surface area contributed by atoms with Crippen LogP contribution in [-0.4, -0.2) is 23.9 Å². The number of aliphatic hydroxyl groups is 1. The Labute approximate surface area is 165 Å². The van der Waals surface area contributed by atoms with Crippen molar-refractivity contribution in [2.45, 2.75) is 33.7 Å². The molecular formula is C23H25NO4. The molecule has 0 aliphatic carbocycles. The van der Waals surface area contributed by atoms with Gasteiger partial charge in [-0.2, -0.15) is 0 Å². The van der Waals surface area contributed by atoms with Crippen LogP contribution in [0.1, 0.15) is 37.9 Å². The highest BCUT2D eigenvalue weighted by Gasteiger charge is 2.46. The van der Waals surface area contributed by atoms with Crippen molar-refractivity contribution in [1.82, 2.24) is 0 Å². The fourth-order valence-electron chi connectivity index (χ4n) is 3.39. The lowest BCUT2D eigenvalue weighted by atomic mass is 9.82. The Morgan fingerprint density at radius 1 is 1.11 bits per heavy atom. The number of carbonyl (C=O) groups is 2. The van der Waals surface area contributed by atoms with E-state index in [1.165, 1.54) is 4.90 Å². The van der Waals surface area contributed by atoms with Gasteiger partial charge in [-0.05, 0) is 42.3 Å². The number of aliphatic hydroxyl groups excluding tert-OH is 1. The SMILES string of the molecule is COc1ccc(C2C(C(=O)C(C)(C)C)=C(O)C(=O)N2c2cccc(C)c2)cc1. The predicted molar refractivity (Wildman–Crippen MR) is 109 cm³/mol. The summed E-state index contributed by atoms with van der Waals surface area (Å²) in [6.45, 7) is 7.27. The standard InChI is InChI=1S/C23H25NO4/c1-14-7-6-8-16(13-14)24-19(15-9-11-17(28-5)12-10-15)18(20(25)22(24)27)21(26)23(2,3)4/h6-13,19,25H,1-5H3. The summed E-state index contributed by atoms with van der Waals surface area (Å²) in [5.41, 5.74) is 1.73. The molecule has 0 spiro atoms. The molecule has 0 bridgehead atoms. The third kappa shape index (κ3) is 3.40. The molecule has 0 saturated heterocycles. The van der Waals surface area contributed by atoms with Gasteiger partial charge < -0.3 is 9.84 Å². The van der Waals surface area contributed by atoms with E-state index in [9.17, 15) is 14.7 Å². The number of hydrogen-bond donors (Lipinski definition) is 1. The zero-order valence-corrected chi connectivity index (χ0v) is 16.8. The van der Waals surface area contributed by atoms with E-state index in [1.54, 1.807) is 46.1 Å². The van der Waals surface area contributed by atoms with Crippen LogP contribution in [0.15, 0.2) is 59.9 Å². The molecule has 5 nitrogen and oxygen atoms in total. The minimum Gasteiger partial charge on any atom is -0.503 e. The second-order valence-electron chi connectivity index (χ2n) is 8.03. The molecule has 1 heterocycles. The van der Waals surface area contributed by atoms with Crippen LogP contribution in [0.2, 0.25) is 0 Å². The lowest BCUT2D eigenvalue weighted by Gasteiger charge is -2.29. The maximum absolute atomic E-state index is 13.2. The Morgan fingerprint density at radius 2 is 1.75 bits per heavy atom. The second kappa shape index (κ2) is 7.15. The van der Waals surface area contributed by atoms with Gasteiger partial charge in [-0.25, -0.2) is 0 Å². The topological polar surface area (TPSA) is 66.8 Å². The predicted octanol–water partition coefficient (Wildman–Crippen LogP) is 4.52. The van der Waals surface area contributed by atoms with Gasteiger partial charge in [0, 0.05) is 11.1 Å². The zero-order chi connectivity index (χ0) is 20.6. The molecule has 0 radical (unpaired) electrons. The second-order valence-corrected chi connectivity index (χ2v) is 8.03. The highest BCUT2D eigenvalue weighted by Crippen LogP contribution is 2.43. The molecular weight excluding hydrogens is 354 g/mol. The molecule has 2 aromatic carbocycles. The van der Waals surface area contributed by atoms with Crippen molar-refractivity contribution in [2.24, 2.45) is 5.41 Å². The van der Waals surface area contributed by atoms with E-state index in [4.69, 9.17) is 4.74 Å². The lowest BCUT2D eigenvalue weighted by Crippen LogP contribution is -2.32. The van der Waals surface area contributed by atoms with E-state index < -0.39 is 23.1 Å². The fourth-order valence-corrected chi connectivity index (χ4v) is 3.39. The summed E-state index contributed by atoms with van der Waals surface area (Å²) in [7, 11) is 1.58. The number of hydrogen-bond acceptors (Lipinski definition) is 4. The van der Waals surface area contributed by atoms with Gasteiger partial charge in [-0.15, -0.1) is 0 Å². The highest BCUT2D eigenvalue weighted by molar-refractivity contribution is 6.17. The van der Waals surface area contributed by atoms with Gasteiger partial charge in [0.05, 0.1) is 18.7 Å². The van der Waals surface area contributed by atoms with Gasteiger partial charge in [0.1, 0.15) is 5.75 Å². The number of rotatable bonds is 4. The molecule has 1 unspecified atom stereocenters. The normalized spacial score (nSPS) is 17.2. The van der Waals surface area contributed by atoms with E-state index in [0.29, 0.717) is 11.4 Å². The van der Waals surface area contributed by atoms with Crippen LogP contribution in [0.5, 0.6) is 5.75 Å². The van der Waals surface area contributed by atoms with E-state index in [-0.39, 0.29) is 11.4 Å². The fraction of sp³-hybridized carbons (Fsp3) is 0.304. The molecule has 1 aliphatic rings. The van der Waals surface area contributed by atoms with E-state index >= 15 is 0 Å². The summed E-state index contributed by atoms with van der Waals surface area (Å²) in [5.74, 6) is -0.636. The molecule has 5 heteroatoms. The first-order valence-corrected chi connectivity index (χ1v) is 9.17. The summed E-state index contributed by atoms with van der Waals surface area (Å²) in [6.07, 6.45) is 0. The van der Waals surface area contributed by atoms with Crippen LogP contribution in [-0.2, 0) is 9.59 Å². The summed E-state index contributed by atoms with van der Waals surface area (Å²) < 4.78 is 5.22. The zero-order valence-electron chi connectivity index (χ0n) is 16.8. The quantitative estimate of drug-likeness (QED) is 0.848. The van der Waals surface area contributed by atoms with Gasteiger partial charge in [-0.1, -0.05) is 45.0 Å². The van der Waals surface area contributed by atoms with E-state index in [1.807, 2.05) is 37.3 Å². The van der Waals surface area contributed by atoms with Crippen molar-refractivity contribution >= 4 is 17.4 Å². The molecule has 1 atom stereocenters.